The van der Waals surface area contributed by atoms with Gasteiger partial charge in [-0.25, -0.2) is 0 Å². The van der Waals surface area contributed by atoms with Crippen LogP contribution in [0, 0.1) is 0 Å². The first-order chi connectivity index (χ1) is 9.88. The summed E-state index contributed by atoms with van der Waals surface area (Å²) in [4.78, 5) is 14.4. The molecule has 5 nitrogen and oxygen atoms in total. The van der Waals surface area contributed by atoms with E-state index in [-0.39, 0.29) is 25.0 Å². The van der Waals surface area contributed by atoms with Gasteiger partial charge in [0.15, 0.2) is 0 Å². The zero-order chi connectivity index (χ0) is 15.6. The number of benzene rings is 1. The molecule has 8 heteroatoms. The molecule has 0 aromatic heterocycles. The molecule has 0 aliphatic carbocycles. The molecule has 2 N–H and O–H groups in total. The maximum Gasteiger partial charge on any atom is 0.317 e. The standard InChI is InChI=1S/C14H18Cl2N2O3.ClH/c1-17(8-14(20)21)12-6-18(7-13(12)19)5-9-10(15)3-2-4-11(9)16;/h2-4,12-13,19H,5-8H2,1H3,(H,20,21);1H/t12?,13-;/m1./s1. The van der Waals surface area contributed by atoms with Crippen LogP contribution in [0.2, 0.25) is 10.0 Å². The maximum atomic E-state index is 10.8. The minimum atomic E-state index is -0.905. The van der Waals surface area contributed by atoms with Crippen LogP contribution in [0.1, 0.15) is 5.56 Å². The lowest BCUT2D eigenvalue weighted by Gasteiger charge is -2.24. The lowest BCUT2D eigenvalue weighted by molar-refractivity contribution is -0.138. The zero-order valence-corrected chi connectivity index (χ0v) is 14.4. The van der Waals surface area contributed by atoms with Crippen molar-refractivity contribution >= 4 is 41.6 Å². The lowest BCUT2D eigenvalue weighted by atomic mass is 10.2. The van der Waals surface area contributed by atoms with Gasteiger partial charge in [-0.1, -0.05) is 29.3 Å². The lowest BCUT2D eigenvalue weighted by Crippen LogP contribution is -2.43. The van der Waals surface area contributed by atoms with Gasteiger partial charge in [-0.3, -0.25) is 14.6 Å². The molecule has 1 saturated heterocycles. The van der Waals surface area contributed by atoms with Crippen LogP contribution in [0.15, 0.2) is 18.2 Å². The van der Waals surface area contributed by atoms with Gasteiger partial charge < -0.3 is 10.2 Å². The highest BCUT2D eigenvalue weighted by Gasteiger charge is 2.34. The van der Waals surface area contributed by atoms with Crippen LogP contribution in [0.4, 0.5) is 0 Å². The minimum absolute atomic E-state index is 0. The van der Waals surface area contributed by atoms with Gasteiger partial charge in [0.05, 0.1) is 12.6 Å². The first-order valence-electron chi connectivity index (χ1n) is 6.64. The molecule has 2 rings (SSSR count). The fraction of sp³-hybridized carbons (Fsp3) is 0.500. The van der Waals surface area contributed by atoms with Crippen molar-refractivity contribution in [3.05, 3.63) is 33.8 Å². The molecule has 0 radical (unpaired) electrons. The number of aliphatic hydroxyl groups is 1. The van der Waals surface area contributed by atoms with Gasteiger partial charge >= 0.3 is 5.97 Å². The van der Waals surface area contributed by atoms with Crippen molar-refractivity contribution in [1.29, 1.82) is 0 Å². The van der Waals surface area contributed by atoms with Gasteiger partial charge in [-0.15, -0.1) is 12.4 Å². The molecule has 2 atom stereocenters. The van der Waals surface area contributed by atoms with E-state index in [2.05, 4.69) is 0 Å². The number of carbonyl (C=O) groups is 1. The fourth-order valence-electron chi connectivity index (χ4n) is 2.65. The summed E-state index contributed by atoms with van der Waals surface area (Å²) in [6.45, 7) is 1.48. The van der Waals surface area contributed by atoms with E-state index >= 15 is 0 Å². The van der Waals surface area contributed by atoms with Crippen LogP contribution >= 0.6 is 35.6 Å². The Hall–Kier alpha value is -0.560. The van der Waals surface area contributed by atoms with Crippen LogP contribution in [0.25, 0.3) is 0 Å². The summed E-state index contributed by atoms with van der Waals surface area (Å²) in [5, 5.41) is 20.1. The summed E-state index contributed by atoms with van der Waals surface area (Å²) in [5.74, 6) is -0.905. The Labute approximate surface area is 145 Å². The number of aliphatic hydroxyl groups excluding tert-OH is 1. The van der Waals surface area contributed by atoms with E-state index in [1.165, 1.54) is 0 Å². The van der Waals surface area contributed by atoms with Crippen molar-refractivity contribution in [2.24, 2.45) is 0 Å². The number of carboxylic acids is 1. The second kappa shape index (κ2) is 8.34. The Morgan fingerprint density at radius 2 is 1.95 bits per heavy atom. The van der Waals surface area contributed by atoms with Crippen molar-refractivity contribution in [1.82, 2.24) is 9.80 Å². The number of carboxylic acid groups (broad SMARTS) is 1. The normalized spacial score (nSPS) is 21.9. The molecule has 1 aliphatic rings. The van der Waals surface area contributed by atoms with Gasteiger partial charge in [0.2, 0.25) is 0 Å². The smallest absolute Gasteiger partial charge is 0.317 e. The average molecular weight is 370 g/mol. The fourth-order valence-corrected chi connectivity index (χ4v) is 3.16. The number of halogens is 3. The average Bonchev–Trinajstić information content (AvgIpc) is 2.74. The molecule has 1 fully saturated rings. The van der Waals surface area contributed by atoms with Gasteiger partial charge in [-0.05, 0) is 19.2 Å². The first-order valence-corrected chi connectivity index (χ1v) is 7.39. The van der Waals surface area contributed by atoms with E-state index in [4.69, 9.17) is 28.3 Å². The molecule has 0 spiro atoms. The van der Waals surface area contributed by atoms with E-state index < -0.39 is 12.1 Å². The van der Waals surface area contributed by atoms with E-state index in [1.807, 2.05) is 4.90 Å². The summed E-state index contributed by atoms with van der Waals surface area (Å²) in [5.41, 5.74) is 0.828. The van der Waals surface area contributed by atoms with Crippen molar-refractivity contribution in [3.63, 3.8) is 0 Å². The van der Waals surface area contributed by atoms with E-state index in [0.29, 0.717) is 29.7 Å². The number of β-amino-alcohol motifs (C(OH)–C–C–N with tert-alkyl or cyclic N) is 1. The monoisotopic (exact) mass is 368 g/mol. The SMILES string of the molecule is CN(CC(=O)O)C1CN(Cc2c(Cl)cccc2Cl)C[C@H]1O.Cl. The first kappa shape index (κ1) is 19.5. The van der Waals surface area contributed by atoms with Crippen LogP contribution < -0.4 is 0 Å². The van der Waals surface area contributed by atoms with Crippen molar-refractivity contribution < 1.29 is 15.0 Å². The zero-order valence-electron chi connectivity index (χ0n) is 12.1. The molecule has 1 heterocycles. The van der Waals surface area contributed by atoms with E-state index in [1.54, 1.807) is 30.1 Å². The van der Waals surface area contributed by atoms with Crippen molar-refractivity contribution in [3.8, 4) is 0 Å². The molecular weight excluding hydrogens is 351 g/mol. The third-order valence-electron chi connectivity index (χ3n) is 3.73. The number of hydrogen-bond donors (Lipinski definition) is 2. The molecule has 1 aromatic rings. The molecule has 0 saturated carbocycles. The largest absolute Gasteiger partial charge is 0.480 e. The summed E-state index contributed by atoms with van der Waals surface area (Å²) in [7, 11) is 1.70. The highest BCUT2D eigenvalue weighted by Crippen LogP contribution is 2.27. The Balaban J connectivity index is 0.00000242. The number of likely N-dealkylation sites (tertiary alicyclic amines) is 1. The third-order valence-corrected chi connectivity index (χ3v) is 4.44. The molecule has 22 heavy (non-hydrogen) atoms. The minimum Gasteiger partial charge on any atom is -0.480 e. The summed E-state index contributed by atoms with van der Waals surface area (Å²) >= 11 is 12.3. The Bertz CT molecular complexity index is 510. The van der Waals surface area contributed by atoms with Gasteiger partial charge in [0.1, 0.15) is 0 Å². The molecule has 1 aromatic carbocycles. The van der Waals surface area contributed by atoms with E-state index in [9.17, 15) is 9.90 Å². The quantitative estimate of drug-likeness (QED) is 0.831. The van der Waals surface area contributed by atoms with Crippen LogP contribution in [-0.2, 0) is 11.3 Å². The summed E-state index contributed by atoms with van der Waals surface area (Å²) < 4.78 is 0. The van der Waals surface area contributed by atoms with Crippen LogP contribution in [0.3, 0.4) is 0 Å². The van der Waals surface area contributed by atoms with Crippen molar-refractivity contribution in [2.75, 3.05) is 26.7 Å². The molecule has 124 valence electrons. The second-order valence-electron chi connectivity index (χ2n) is 5.34. The number of rotatable bonds is 5. The molecule has 0 amide bonds. The number of aliphatic carboxylic acids is 1. The second-order valence-corrected chi connectivity index (χ2v) is 6.15. The predicted molar refractivity (Wildman–Crippen MR) is 89.0 cm³/mol. The number of likely N-dealkylation sites (N-methyl/N-ethyl adjacent to an activating group) is 1. The molecule has 1 unspecified atom stereocenters. The Morgan fingerprint density at radius 3 is 2.50 bits per heavy atom. The number of nitrogens with zero attached hydrogens (tertiary/aromatic N) is 2. The molecular formula is C14H19Cl3N2O3. The highest BCUT2D eigenvalue weighted by atomic mass is 35.5. The van der Waals surface area contributed by atoms with Gasteiger partial charge in [0, 0.05) is 41.3 Å². The summed E-state index contributed by atoms with van der Waals surface area (Å²) in [6, 6.07) is 5.14. The van der Waals surface area contributed by atoms with Crippen molar-refractivity contribution in [2.45, 2.75) is 18.7 Å². The predicted octanol–water partition coefficient (Wildman–Crippen LogP) is 1.98. The van der Waals surface area contributed by atoms with Gasteiger partial charge in [0.25, 0.3) is 0 Å². The molecule has 1 aliphatic heterocycles. The molecule has 0 bridgehead atoms. The van der Waals surface area contributed by atoms with Crippen LogP contribution in [-0.4, -0.2) is 64.8 Å². The van der Waals surface area contributed by atoms with Gasteiger partial charge in [-0.2, -0.15) is 0 Å². The number of hydrogen-bond acceptors (Lipinski definition) is 4. The summed E-state index contributed by atoms with van der Waals surface area (Å²) in [6.07, 6.45) is -0.587. The topological polar surface area (TPSA) is 64.0 Å². The maximum absolute atomic E-state index is 10.8. The van der Waals surface area contributed by atoms with E-state index in [0.717, 1.165) is 5.56 Å². The Morgan fingerprint density at radius 1 is 1.36 bits per heavy atom. The third kappa shape index (κ3) is 4.72. The Kier molecular flexibility index (Phi) is 7.38. The highest BCUT2D eigenvalue weighted by molar-refractivity contribution is 6.35. The van der Waals surface area contributed by atoms with Crippen LogP contribution in [0.5, 0.6) is 0 Å².